The number of alkyl halides is 3. The van der Waals surface area contributed by atoms with E-state index in [1.165, 1.54) is 24.1 Å². The molecule has 0 saturated carbocycles. The van der Waals surface area contributed by atoms with E-state index < -0.39 is 34.5 Å². The number of primary amides is 1. The molecule has 8 heteroatoms. The van der Waals surface area contributed by atoms with Crippen molar-refractivity contribution in [2.75, 3.05) is 20.2 Å². The van der Waals surface area contributed by atoms with Gasteiger partial charge in [-0.15, -0.1) is 0 Å². The lowest BCUT2D eigenvalue weighted by atomic mass is 9.73. The summed E-state index contributed by atoms with van der Waals surface area (Å²) in [6.07, 6.45) is -4.37. The average molecular weight is 392 g/mol. The van der Waals surface area contributed by atoms with E-state index in [4.69, 9.17) is 10.5 Å². The van der Waals surface area contributed by atoms with Crippen LogP contribution in [-0.2, 0) is 17.4 Å². The normalized spacial score (nSPS) is 15.6. The van der Waals surface area contributed by atoms with Crippen molar-refractivity contribution >= 4 is 11.8 Å². The Labute approximate surface area is 159 Å². The number of ether oxygens (including phenoxy) is 1. The Kier molecular flexibility index (Phi) is 5.06. The molecule has 0 unspecified atom stereocenters. The summed E-state index contributed by atoms with van der Waals surface area (Å²) in [5.74, 6) is -0.748. The fourth-order valence-corrected chi connectivity index (χ4v) is 3.44. The molecule has 1 fully saturated rings. The molecule has 2 amide bonds. The Hall–Kier alpha value is -3.03. The quantitative estimate of drug-likeness (QED) is 0.851. The Morgan fingerprint density at radius 1 is 1.14 bits per heavy atom. The molecule has 1 heterocycles. The highest BCUT2D eigenvalue weighted by Crippen LogP contribution is 2.38. The van der Waals surface area contributed by atoms with Crippen molar-refractivity contribution in [3.63, 3.8) is 0 Å². The van der Waals surface area contributed by atoms with Crippen molar-refractivity contribution < 1.29 is 27.5 Å². The van der Waals surface area contributed by atoms with E-state index in [0.29, 0.717) is 5.75 Å². The number of amides is 2. The van der Waals surface area contributed by atoms with Gasteiger partial charge in [-0.2, -0.15) is 13.2 Å². The van der Waals surface area contributed by atoms with E-state index in [1.807, 2.05) is 0 Å². The van der Waals surface area contributed by atoms with Crippen molar-refractivity contribution in [1.82, 2.24) is 4.90 Å². The standard InChI is InChI=1S/C20H19F3N2O3/c1-28-14-6-4-5-13(9-14)10-19(18(24)27)11-25(12-19)17(26)15-7-2-3-8-16(15)20(21,22)23/h2-9H,10-12H2,1H3,(H2,24,27). The molecule has 1 aliphatic heterocycles. The van der Waals surface area contributed by atoms with Gasteiger partial charge in [0.05, 0.1) is 23.7 Å². The van der Waals surface area contributed by atoms with Gasteiger partial charge < -0.3 is 15.4 Å². The van der Waals surface area contributed by atoms with E-state index in [2.05, 4.69) is 0 Å². The topological polar surface area (TPSA) is 72.6 Å². The molecule has 0 radical (unpaired) electrons. The molecule has 1 saturated heterocycles. The zero-order valence-electron chi connectivity index (χ0n) is 15.1. The Morgan fingerprint density at radius 3 is 2.43 bits per heavy atom. The number of likely N-dealkylation sites (tertiary alicyclic amines) is 1. The van der Waals surface area contributed by atoms with Gasteiger partial charge in [0.2, 0.25) is 5.91 Å². The van der Waals surface area contributed by atoms with Crippen molar-refractivity contribution in [3.8, 4) is 5.75 Å². The largest absolute Gasteiger partial charge is 0.497 e. The van der Waals surface area contributed by atoms with Crippen LogP contribution in [0.2, 0.25) is 0 Å². The number of nitrogens with two attached hydrogens (primary N) is 1. The number of halogens is 3. The summed E-state index contributed by atoms with van der Waals surface area (Å²) in [5.41, 5.74) is 3.91. The van der Waals surface area contributed by atoms with Gasteiger partial charge in [-0.3, -0.25) is 9.59 Å². The minimum atomic E-state index is -4.64. The van der Waals surface area contributed by atoms with Gasteiger partial charge in [0, 0.05) is 13.1 Å². The molecule has 2 N–H and O–H groups in total. The maximum atomic E-state index is 13.2. The lowest BCUT2D eigenvalue weighted by molar-refractivity contribution is -0.139. The smallest absolute Gasteiger partial charge is 0.417 e. The molecule has 3 rings (SSSR count). The highest BCUT2D eigenvalue weighted by atomic mass is 19.4. The fraction of sp³-hybridized carbons (Fsp3) is 0.300. The Morgan fingerprint density at radius 2 is 1.82 bits per heavy atom. The molecule has 28 heavy (non-hydrogen) atoms. The molecular weight excluding hydrogens is 373 g/mol. The fourth-order valence-electron chi connectivity index (χ4n) is 3.44. The summed E-state index contributed by atoms with van der Waals surface area (Å²) in [5, 5.41) is 0. The summed E-state index contributed by atoms with van der Waals surface area (Å²) in [7, 11) is 1.52. The third-order valence-corrected chi connectivity index (χ3v) is 4.94. The van der Waals surface area contributed by atoms with Crippen molar-refractivity contribution in [2.24, 2.45) is 11.1 Å². The summed E-state index contributed by atoms with van der Waals surface area (Å²) in [6.45, 7) is -0.0743. The van der Waals surface area contributed by atoms with Crippen LogP contribution >= 0.6 is 0 Å². The summed E-state index contributed by atoms with van der Waals surface area (Å²) >= 11 is 0. The number of hydrogen-bond acceptors (Lipinski definition) is 3. The van der Waals surface area contributed by atoms with E-state index in [-0.39, 0.29) is 19.5 Å². The van der Waals surface area contributed by atoms with Crippen molar-refractivity contribution in [3.05, 3.63) is 65.2 Å². The average Bonchev–Trinajstić information content (AvgIpc) is 2.63. The molecule has 0 aliphatic carbocycles. The first kappa shape index (κ1) is 19.7. The van der Waals surface area contributed by atoms with Crippen LogP contribution in [0.1, 0.15) is 21.5 Å². The van der Waals surface area contributed by atoms with Crippen LogP contribution in [0, 0.1) is 5.41 Å². The van der Waals surface area contributed by atoms with Gasteiger partial charge in [-0.25, -0.2) is 0 Å². The highest BCUT2D eigenvalue weighted by molar-refractivity contribution is 5.98. The predicted octanol–water partition coefficient (Wildman–Crippen LogP) is 2.88. The van der Waals surface area contributed by atoms with Gasteiger partial charge in [0.25, 0.3) is 5.91 Å². The molecule has 2 aromatic rings. The van der Waals surface area contributed by atoms with E-state index in [9.17, 15) is 22.8 Å². The van der Waals surface area contributed by atoms with Gasteiger partial charge in [0.15, 0.2) is 0 Å². The Balaban J connectivity index is 1.80. The van der Waals surface area contributed by atoms with Crippen molar-refractivity contribution in [1.29, 1.82) is 0 Å². The van der Waals surface area contributed by atoms with Gasteiger partial charge in [-0.05, 0) is 36.2 Å². The van der Waals surface area contributed by atoms with E-state index in [0.717, 1.165) is 17.7 Å². The number of benzene rings is 2. The molecule has 5 nitrogen and oxygen atoms in total. The maximum Gasteiger partial charge on any atom is 0.417 e. The molecular formula is C20H19F3N2O3. The number of hydrogen-bond donors (Lipinski definition) is 1. The molecule has 148 valence electrons. The van der Waals surface area contributed by atoms with Crippen molar-refractivity contribution in [2.45, 2.75) is 12.6 Å². The lowest BCUT2D eigenvalue weighted by Crippen LogP contribution is -2.65. The van der Waals surface area contributed by atoms with Crippen LogP contribution in [0.25, 0.3) is 0 Å². The van der Waals surface area contributed by atoms with Gasteiger partial charge >= 0.3 is 6.18 Å². The summed E-state index contributed by atoms with van der Waals surface area (Å²) in [6, 6.07) is 11.7. The molecule has 1 aliphatic rings. The molecule has 0 aromatic heterocycles. The Bertz CT molecular complexity index is 906. The third kappa shape index (κ3) is 3.67. The minimum Gasteiger partial charge on any atom is -0.497 e. The van der Waals surface area contributed by atoms with Crippen LogP contribution in [0.15, 0.2) is 48.5 Å². The third-order valence-electron chi connectivity index (χ3n) is 4.94. The SMILES string of the molecule is COc1cccc(CC2(C(N)=O)CN(C(=O)c3ccccc3C(F)(F)F)C2)c1. The maximum absolute atomic E-state index is 13.2. The van der Waals surface area contributed by atoms with Crippen LogP contribution in [-0.4, -0.2) is 36.9 Å². The van der Waals surface area contributed by atoms with Gasteiger partial charge in [0.1, 0.15) is 5.75 Å². The number of nitrogens with zero attached hydrogens (tertiary/aromatic N) is 1. The van der Waals surface area contributed by atoms with E-state index in [1.54, 1.807) is 24.3 Å². The van der Waals surface area contributed by atoms with Crippen LogP contribution in [0.5, 0.6) is 5.75 Å². The van der Waals surface area contributed by atoms with Crippen LogP contribution in [0.4, 0.5) is 13.2 Å². The molecule has 0 spiro atoms. The second-order valence-electron chi connectivity index (χ2n) is 6.88. The first-order valence-corrected chi connectivity index (χ1v) is 8.55. The summed E-state index contributed by atoms with van der Waals surface area (Å²) in [4.78, 5) is 25.9. The molecule has 0 bridgehead atoms. The molecule has 0 atom stereocenters. The zero-order chi connectivity index (χ0) is 20.5. The lowest BCUT2D eigenvalue weighted by Gasteiger charge is -2.48. The second kappa shape index (κ2) is 7.18. The zero-order valence-corrected chi connectivity index (χ0v) is 15.1. The predicted molar refractivity (Wildman–Crippen MR) is 95.7 cm³/mol. The number of carbonyl (C=O) groups is 2. The van der Waals surface area contributed by atoms with Crippen LogP contribution < -0.4 is 10.5 Å². The number of rotatable bonds is 5. The number of carbonyl (C=O) groups excluding carboxylic acids is 2. The van der Waals surface area contributed by atoms with Crippen LogP contribution in [0.3, 0.4) is 0 Å². The molecule has 2 aromatic carbocycles. The summed E-state index contributed by atoms with van der Waals surface area (Å²) < 4.78 is 44.7. The first-order chi connectivity index (χ1) is 13.2. The highest BCUT2D eigenvalue weighted by Gasteiger charge is 2.50. The second-order valence-corrected chi connectivity index (χ2v) is 6.88. The van der Waals surface area contributed by atoms with Gasteiger partial charge in [-0.1, -0.05) is 24.3 Å². The minimum absolute atomic E-state index is 0.0371. The van der Waals surface area contributed by atoms with E-state index >= 15 is 0 Å². The monoisotopic (exact) mass is 392 g/mol. The first-order valence-electron chi connectivity index (χ1n) is 8.55. The number of methoxy groups -OCH3 is 1.